The lowest BCUT2D eigenvalue weighted by molar-refractivity contribution is -0.115. The lowest BCUT2D eigenvalue weighted by atomic mass is 9.87. The van der Waals surface area contributed by atoms with Crippen LogP contribution in [0.3, 0.4) is 0 Å². The van der Waals surface area contributed by atoms with Crippen molar-refractivity contribution in [2.24, 2.45) is 0 Å². The molecule has 2 N–H and O–H groups in total. The van der Waals surface area contributed by atoms with Gasteiger partial charge >= 0.3 is 0 Å². The molecule has 0 aliphatic carbocycles. The van der Waals surface area contributed by atoms with E-state index in [0.29, 0.717) is 6.54 Å². The maximum absolute atomic E-state index is 12.8. The van der Waals surface area contributed by atoms with Gasteiger partial charge in [0.15, 0.2) is 0 Å². The Labute approximate surface area is 143 Å². The quantitative estimate of drug-likeness (QED) is 0.790. The van der Waals surface area contributed by atoms with Gasteiger partial charge in [-0.2, -0.15) is 0 Å². The van der Waals surface area contributed by atoms with Gasteiger partial charge in [-0.25, -0.2) is 4.39 Å². The van der Waals surface area contributed by atoms with E-state index in [4.69, 9.17) is 0 Å². The zero-order chi connectivity index (χ0) is 17.6. The molecule has 3 nitrogen and oxygen atoms in total. The lowest BCUT2D eigenvalue weighted by Gasteiger charge is -2.19. The highest BCUT2D eigenvalue weighted by atomic mass is 19.1. The van der Waals surface area contributed by atoms with Crippen molar-refractivity contribution in [1.82, 2.24) is 5.32 Å². The summed E-state index contributed by atoms with van der Waals surface area (Å²) >= 11 is 0. The molecule has 0 spiro atoms. The fourth-order valence-electron chi connectivity index (χ4n) is 2.34. The number of carbonyl (C=O) groups excluding carboxylic acids is 1. The molecule has 0 fully saturated rings. The van der Waals surface area contributed by atoms with E-state index in [2.05, 4.69) is 31.4 Å². The van der Waals surface area contributed by atoms with Gasteiger partial charge in [-0.05, 0) is 53.8 Å². The molecule has 0 heterocycles. The number of carbonyl (C=O) groups is 1. The minimum Gasteiger partial charge on any atom is -0.325 e. The van der Waals surface area contributed by atoms with Crippen LogP contribution in [0.1, 0.15) is 31.9 Å². The van der Waals surface area contributed by atoms with Crippen molar-refractivity contribution in [2.75, 3.05) is 18.4 Å². The number of amides is 1. The van der Waals surface area contributed by atoms with Gasteiger partial charge in [0.25, 0.3) is 0 Å². The van der Waals surface area contributed by atoms with Crippen molar-refractivity contribution in [3.8, 4) is 0 Å². The third-order valence-corrected chi connectivity index (χ3v) is 3.82. The van der Waals surface area contributed by atoms with Crippen molar-refractivity contribution in [3.05, 3.63) is 65.5 Å². The summed E-state index contributed by atoms with van der Waals surface area (Å²) in [6.45, 7) is 7.40. The molecule has 2 rings (SSSR count). The maximum atomic E-state index is 12.8. The van der Waals surface area contributed by atoms with Crippen molar-refractivity contribution >= 4 is 11.6 Å². The van der Waals surface area contributed by atoms with Gasteiger partial charge in [-0.15, -0.1) is 0 Å². The monoisotopic (exact) mass is 328 g/mol. The van der Waals surface area contributed by atoms with Crippen LogP contribution in [-0.4, -0.2) is 19.0 Å². The summed E-state index contributed by atoms with van der Waals surface area (Å²) in [5, 5.41) is 5.97. The first-order chi connectivity index (χ1) is 11.3. The lowest BCUT2D eigenvalue weighted by Crippen LogP contribution is -2.29. The van der Waals surface area contributed by atoms with E-state index in [1.807, 2.05) is 24.3 Å². The minimum atomic E-state index is -0.233. The second-order valence-corrected chi connectivity index (χ2v) is 6.93. The van der Waals surface area contributed by atoms with Crippen molar-refractivity contribution < 1.29 is 9.18 Å². The van der Waals surface area contributed by atoms with E-state index in [0.717, 1.165) is 17.7 Å². The van der Waals surface area contributed by atoms with Crippen LogP contribution in [0.4, 0.5) is 10.1 Å². The second-order valence-electron chi connectivity index (χ2n) is 6.93. The Morgan fingerprint density at radius 1 is 1.00 bits per heavy atom. The molecule has 0 saturated heterocycles. The first-order valence-corrected chi connectivity index (χ1v) is 8.20. The number of benzene rings is 2. The second kappa shape index (κ2) is 8.06. The Bertz CT molecular complexity index is 658. The molecule has 0 saturated carbocycles. The van der Waals surface area contributed by atoms with Crippen LogP contribution in [-0.2, 0) is 16.6 Å². The molecule has 0 aromatic heterocycles. The topological polar surface area (TPSA) is 41.1 Å². The average molecular weight is 328 g/mol. The first-order valence-electron chi connectivity index (χ1n) is 8.20. The highest BCUT2D eigenvalue weighted by Crippen LogP contribution is 2.23. The van der Waals surface area contributed by atoms with Crippen molar-refractivity contribution in [1.29, 1.82) is 0 Å². The Hall–Kier alpha value is -2.20. The summed E-state index contributed by atoms with van der Waals surface area (Å²) in [5.74, 6) is -0.304. The standard InChI is InChI=1S/C20H25FN2O/c1-20(2,3)16-6-10-18(11-7-16)23-19(24)14-22-13-12-15-4-8-17(21)9-5-15/h4-11,22H,12-14H2,1-3H3,(H,23,24). The normalized spacial score (nSPS) is 11.3. The Balaban J connectivity index is 1.72. The first kappa shape index (κ1) is 18.1. The largest absolute Gasteiger partial charge is 0.325 e. The molecule has 0 atom stereocenters. The van der Waals surface area contributed by atoms with Crippen LogP contribution in [0, 0.1) is 5.82 Å². The van der Waals surface area contributed by atoms with Gasteiger partial charge in [0.2, 0.25) is 5.91 Å². The van der Waals surface area contributed by atoms with E-state index in [9.17, 15) is 9.18 Å². The van der Waals surface area contributed by atoms with Crippen LogP contribution >= 0.6 is 0 Å². The van der Waals surface area contributed by atoms with Gasteiger partial charge < -0.3 is 10.6 Å². The molecule has 128 valence electrons. The summed E-state index contributed by atoms with van der Waals surface area (Å²) in [7, 11) is 0. The summed E-state index contributed by atoms with van der Waals surface area (Å²) in [5.41, 5.74) is 3.18. The number of nitrogens with one attached hydrogen (secondary N) is 2. The molecule has 2 aromatic rings. The highest BCUT2D eigenvalue weighted by molar-refractivity contribution is 5.92. The molecule has 1 amide bonds. The van der Waals surface area contributed by atoms with E-state index >= 15 is 0 Å². The van der Waals surface area contributed by atoms with Gasteiger partial charge in [0.05, 0.1) is 6.54 Å². The molecule has 4 heteroatoms. The van der Waals surface area contributed by atoms with Gasteiger partial charge in [0.1, 0.15) is 5.82 Å². The Morgan fingerprint density at radius 2 is 1.62 bits per heavy atom. The van der Waals surface area contributed by atoms with Crippen molar-refractivity contribution in [2.45, 2.75) is 32.6 Å². The number of hydrogen-bond acceptors (Lipinski definition) is 2. The van der Waals surface area contributed by atoms with E-state index in [-0.39, 0.29) is 23.7 Å². The van der Waals surface area contributed by atoms with Crippen LogP contribution in [0.2, 0.25) is 0 Å². The van der Waals surface area contributed by atoms with Gasteiger partial charge in [-0.1, -0.05) is 45.0 Å². The fraction of sp³-hybridized carbons (Fsp3) is 0.350. The third-order valence-electron chi connectivity index (χ3n) is 3.82. The van der Waals surface area contributed by atoms with Crippen LogP contribution in [0.15, 0.2) is 48.5 Å². The highest BCUT2D eigenvalue weighted by Gasteiger charge is 2.13. The SMILES string of the molecule is CC(C)(C)c1ccc(NC(=O)CNCCc2ccc(F)cc2)cc1. The molecule has 0 unspecified atom stereocenters. The molecule has 2 aromatic carbocycles. The summed E-state index contributed by atoms with van der Waals surface area (Å²) in [6, 6.07) is 14.3. The smallest absolute Gasteiger partial charge is 0.238 e. The molecular weight excluding hydrogens is 303 g/mol. The predicted octanol–water partition coefficient (Wildman–Crippen LogP) is 3.89. The van der Waals surface area contributed by atoms with E-state index in [1.54, 1.807) is 12.1 Å². The molecule has 0 bridgehead atoms. The summed E-state index contributed by atoms with van der Waals surface area (Å²) in [4.78, 5) is 11.9. The number of hydrogen-bond donors (Lipinski definition) is 2. The zero-order valence-corrected chi connectivity index (χ0v) is 14.5. The van der Waals surface area contributed by atoms with E-state index in [1.165, 1.54) is 17.7 Å². The average Bonchev–Trinajstić information content (AvgIpc) is 2.53. The molecular formula is C20H25FN2O. The minimum absolute atomic E-state index is 0.0717. The molecule has 0 radical (unpaired) electrons. The summed E-state index contributed by atoms with van der Waals surface area (Å²) < 4.78 is 12.8. The number of rotatable bonds is 6. The molecule has 0 aliphatic rings. The van der Waals surface area contributed by atoms with Gasteiger partial charge in [0, 0.05) is 5.69 Å². The molecule has 0 aliphatic heterocycles. The van der Waals surface area contributed by atoms with Crippen LogP contribution in [0.25, 0.3) is 0 Å². The van der Waals surface area contributed by atoms with Crippen LogP contribution < -0.4 is 10.6 Å². The van der Waals surface area contributed by atoms with Crippen LogP contribution in [0.5, 0.6) is 0 Å². The molecule has 24 heavy (non-hydrogen) atoms. The van der Waals surface area contributed by atoms with Crippen molar-refractivity contribution in [3.63, 3.8) is 0 Å². The summed E-state index contributed by atoms with van der Waals surface area (Å²) in [6.07, 6.45) is 0.758. The zero-order valence-electron chi connectivity index (χ0n) is 14.5. The van der Waals surface area contributed by atoms with E-state index < -0.39 is 0 Å². The van der Waals surface area contributed by atoms with Gasteiger partial charge in [-0.3, -0.25) is 4.79 Å². The third kappa shape index (κ3) is 5.78. The maximum Gasteiger partial charge on any atom is 0.238 e. The number of halogens is 1. The predicted molar refractivity (Wildman–Crippen MR) is 96.7 cm³/mol. The Kier molecular flexibility index (Phi) is 6.10. The fourth-order valence-corrected chi connectivity index (χ4v) is 2.34. The Morgan fingerprint density at radius 3 is 2.21 bits per heavy atom. The number of anilines is 1.